The van der Waals surface area contributed by atoms with E-state index < -0.39 is 5.82 Å². The molecule has 0 amide bonds. The Morgan fingerprint density at radius 2 is 1.95 bits per heavy atom. The van der Waals surface area contributed by atoms with Gasteiger partial charge in [-0.05, 0) is 36.2 Å². The van der Waals surface area contributed by atoms with E-state index >= 15 is 0 Å². The van der Waals surface area contributed by atoms with Gasteiger partial charge in [-0.1, -0.05) is 43.6 Å². The van der Waals surface area contributed by atoms with E-state index in [1.165, 1.54) is 6.07 Å². The maximum Gasteiger partial charge on any atom is 0.184 e. The molecule has 0 saturated heterocycles. The van der Waals surface area contributed by atoms with Gasteiger partial charge < -0.3 is 10.1 Å². The summed E-state index contributed by atoms with van der Waals surface area (Å²) in [5, 5.41) is 3.40. The number of aryl methyl sites for hydroxylation is 1. The Bertz CT molecular complexity index is 628. The number of ether oxygens (including phenoxy) is 1. The lowest BCUT2D eigenvalue weighted by Crippen LogP contribution is -2.21. The first kappa shape index (κ1) is 15.8. The molecule has 0 unspecified atom stereocenters. The van der Waals surface area contributed by atoms with Crippen LogP contribution in [0.5, 0.6) is 11.5 Å². The molecule has 2 rings (SSSR count). The van der Waals surface area contributed by atoms with Crippen molar-refractivity contribution in [2.24, 2.45) is 0 Å². The third-order valence-corrected chi connectivity index (χ3v) is 3.39. The van der Waals surface area contributed by atoms with Crippen LogP contribution >= 0.6 is 11.6 Å². The molecule has 0 atom stereocenters. The molecule has 21 heavy (non-hydrogen) atoms. The van der Waals surface area contributed by atoms with Crippen LogP contribution in [0.15, 0.2) is 36.4 Å². The molecule has 2 aromatic rings. The second-order valence-electron chi connectivity index (χ2n) is 5.29. The molecule has 0 spiro atoms. The summed E-state index contributed by atoms with van der Waals surface area (Å²) in [7, 11) is 0. The molecule has 112 valence electrons. The van der Waals surface area contributed by atoms with E-state index in [9.17, 15) is 4.39 Å². The van der Waals surface area contributed by atoms with E-state index in [4.69, 9.17) is 16.3 Å². The number of nitrogens with one attached hydrogen (secondary N) is 1. The van der Waals surface area contributed by atoms with Crippen LogP contribution in [0.4, 0.5) is 4.39 Å². The van der Waals surface area contributed by atoms with Gasteiger partial charge in [0.15, 0.2) is 11.6 Å². The number of halogens is 2. The standard InChI is InChI=1S/C17H19ClFNO/c1-11(2)20-10-13-8-7-12(3)16(9-13)21-15-6-4-5-14(18)17(15)19/h4-9,11,20H,10H2,1-3H3. The topological polar surface area (TPSA) is 21.3 Å². The van der Waals surface area contributed by atoms with Gasteiger partial charge in [0.1, 0.15) is 5.75 Å². The highest BCUT2D eigenvalue weighted by Gasteiger charge is 2.10. The zero-order valence-corrected chi connectivity index (χ0v) is 13.2. The van der Waals surface area contributed by atoms with Crippen molar-refractivity contribution in [2.45, 2.75) is 33.4 Å². The molecule has 0 aromatic heterocycles. The lowest BCUT2D eigenvalue weighted by molar-refractivity contribution is 0.439. The van der Waals surface area contributed by atoms with Crippen molar-refractivity contribution in [1.29, 1.82) is 0 Å². The molecule has 2 nitrogen and oxygen atoms in total. The summed E-state index contributed by atoms with van der Waals surface area (Å²) in [4.78, 5) is 0. The molecule has 2 aromatic carbocycles. The molecular formula is C17H19ClFNO. The highest BCUT2D eigenvalue weighted by Crippen LogP contribution is 2.31. The van der Waals surface area contributed by atoms with Crippen molar-refractivity contribution in [2.75, 3.05) is 0 Å². The summed E-state index contributed by atoms with van der Waals surface area (Å²) >= 11 is 5.77. The van der Waals surface area contributed by atoms with E-state index in [0.29, 0.717) is 11.8 Å². The van der Waals surface area contributed by atoms with Crippen LogP contribution in [0.25, 0.3) is 0 Å². The summed E-state index contributed by atoms with van der Waals surface area (Å²) in [6, 6.07) is 11.1. The fourth-order valence-corrected chi connectivity index (χ4v) is 2.03. The van der Waals surface area contributed by atoms with Crippen LogP contribution < -0.4 is 10.1 Å². The second kappa shape index (κ2) is 6.92. The Morgan fingerprint density at radius 1 is 1.19 bits per heavy atom. The predicted molar refractivity (Wildman–Crippen MR) is 84.6 cm³/mol. The summed E-state index contributed by atoms with van der Waals surface area (Å²) < 4.78 is 19.6. The molecule has 0 bridgehead atoms. The number of rotatable bonds is 5. The lowest BCUT2D eigenvalue weighted by atomic mass is 10.1. The molecule has 0 fully saturated rings. The quantitative estimate of drug-likeness (QED) is 0.832. The van der Waals surface area contributed by atoms with Crippen molar-refractivity contribution in [3.05, 3.63) is 58.4 Å². The Balaban J connectivity index is 2.22. The number of hydrogen-bond donors (Lipinski definition) is 1. The van der Waals surface area contributed by atoms with Gasteiger partial charge in [0.25, 0.3) is 0 Å². The van der Waals surface area contributed by atoms with Crippen LogP contribution in [-0.4, -0.2) is 6.04 Å². The van der Waals surface area contributed by atoms with Crippen LogP contribution in [0, 0.1) is 12.7 Å². The second-order valence-corrected chi connectivity index (χ2v) is 5.70. The van der Waals surface area contributed by atoms with Crippen LogP contribution in [0.1, 0.15) is 25.0 Å². The molecule has 0 aliphatic carbocycles. The average Bonchev–Trinajstić information content (AvgIpc) is 2.44. The van der Waals surface area contributed by atoms with Crippen molar-refractivity contribution in [3.8, 4) is 11.5 Å². The predicted octanol–water partition coefficient (Wildman–Crippen LogP) is 5.08. The largest absolute Gasteiger partial charge is 0.454 e. The Labute approximate surface area is 129 Å². The van der Waals surface area contributed by atoms with Crippen molar-refractivity contribution >= 4 is 11.6 Å². The van der Waals surface area contributed by atoms with E-state index in [1.807, 2.05) is 25.1 Å². The van der Waals surface area contributed by atoms with Gasteiger partial charge in [-0.2, -0.15) is 0 Å². The van der Waals surface area contributed by atoms with Gasteiger partial charge in [0, 0.05) is 12.6 Å². The summed E-state index contributed by atoms with van der Waals surface area (Å²) in [6.07, 6.45) is 0. The van der Waals surface area contributed by atoms with E-state index in [-0.39, 0.29) is 10.8 Å². The van der Waals surface area contributed by atoms with E-state index in [0.717, 1.165) is 17.7 Å². The molecule has 0 aliphatic rings. The molecule has 0 aliphatic heterocycles. The monoisotopic (exact) mass is 307 g/mol. The van der Waals surface area contributed by atoms with Crippen LogP contribution in [-0.2, 0) is 6.54 Å². The van der Waals surface area contributed by atoms with Crippen molar-refractivity contribution in [3.63, 3.8) is 0 Å². The van der Waals surface area contributed by atoms with Gasteiger partial charge in [0.2, 0.25) is 0 Å². The SMILES string of the molecule is Cc1ccc(CNC(C)C)cc1Oc1cccc(Cl)c1F. The smallest absolute Gasteiger partial charge is 0.184 e. The normalized spacial score (nSPS) is 11.0. The summed E-state index contributed by atoms with van der Waals surface area (Å²) in [5.41, 5.74) is 2.04. The minimum atomic E-state index is -0.538. The first-order valence-electron chi connectivity index (χ1n) is 6.92. The van der Waals surface area contributed by atoms with E-state index in [2.05, 4.69) is 19.2 Å². The molecular weight excluding hydrogens is 289 g/mol. The number of benzene rings is 2. The average molecular weight is 308 g/mol. The van der Waals surface area contributed by atoms with Gasteiger partial charge >= 0.3 is 0 Å². The summed E-state index contributed by atoms with van der Waals surface area (Å²) in [5.74, 6) is 0.239. The summed E-state index contributed by atoms with van der Waals surface area (Å²) in [6.45, 7) is 6.85. The first-order chi connectivity index (χ1) is 9.97. The number of hydrogen-bond acceptors (Lipinski definition) is 2. The first-order valence-corrected chi connectivity index (χ1v) is 7.30. The Hall–Kier alpha value is -1.58. The highest BCUT2D eigenvalue weighted by molar-refractivity contribution is 6.30. The van der Waals surface area contributed by atoms with Gasteiger partial charge in [-0.3, -0.25) is 0 Å². The zero-order valence-electron chi connectivity index (χ0n) is 12.4. The lowest BCUT2D eigenvalue weighted by Gasteiger charge is -2.13. The molecule has 0 saturated carbocycles. The molecule has 1 N–H and O–H groups in total. The maximum atomic E-state index is 13.9. The maximum absolute atomic E-state index is 13.9. The minimum Gasteiger partial charge on any atom is -0.454 e. The fraction of sp³-hybridized carbons (Fsp3) is 0.294. The van der Waals surface area contributed by atoms with E-state index in [1.54, 1.807) is 12.1 Å². The molecule has 0 radical (unpaired) electrons. The minimum absolute atomic E-state index is 0.0581. The van der Waals surface area contributed by atoms with Crippen LogP contribution in [0.2, 0.25) is 5.02 Å². The van der Waals surface area contributed by atoms with Gasteiger partial charge in [-0.25, -0.2) is 4.39 Å². The van der Waals surface area contributed by atoms with Gasteiger partial charge in [0.05, 0.1) is 5.02 Å². The van der Waals surface area contributed by atoms with Crippen LogP contribution in [0.3, 0.4) is 0 Å². The highest BCUT2D eigenvalue weighted by atomic mass is 35.5. The molecule has 4 heteroatoms. The third-order valence-electron chi connectivity index (χ3n) is 3.10. The Kier molecular flexibility index (Phi) is 5.21. The fourth-order valence-electron chi connectivity index (χ4n) is 1.87. The van der Waals surface area contributed by atoms with Crippen molar-refractivity contribution in [1.82, 2.24) is 5.32 Å². The Morgan fingerprint density at radius 3 is 2.67 bits per heavy atom. The third kappa shape index (κ3) is 4.19. The molecule has 0 heterocycles. The van der Waals surface area contributed by atoms with Crippen molar-refractivity contribution < 1.29 is 9.13 Å². The zero-order chi connectivity index (χ0) is 15.4. The van der Waals surface area contributed by atoms with Gasteiger partial charge in [-0.15, -0.1) is 0 Å².